The molecule has 1 aliphatic carbocycles. The highest BCUT2D eigenvalue weighted by atomic mass is 16.5. The molecule has 2 aromatic rings. The van der Waals surface area contributed by atoms with Crippen molar-refractivity contribution in [2.75, 3.05) is 14.2 Å². The molecule has 1 unspecified atom stereocenters. The van der Waals surface area contributed by atoms with Crippen molar-refractivity contribution in [3.8, 4) is 12.3 Å². The first kappa shape index (κ1) is 30.6. The van der Waals surface area contributed by atoms with E-state index in [1.807, 2.05) is 13.8 Å². The SMILES string of the molecule is C#C[C@@H]1C(C)=C2/C=C3\NC(C4=c5[nH]/c(c(C)c5[C@H](O)[C@@H]4C(=O)OC)=C\c4[nH]c(c(C)c4CC)/C=C/1N2)[C@@H](CCC(=O)OC)[C@@H]3C. The van der Waals surface area contributed by atoms with Gasteiger partial charge in [0.25, 0.3) is 0 Å². The third-order valence-corrected chi connectivity index (χ3v) is 10.5. The van der Waals surface area contributed by atoms with Crippen molar-refractivity contribution < 1.29 is 24.2 Å². The summed E-state index contributed by atoms with van der Waals surface area (Å²) in [7, 11) is 2.74. The lowest BCUT2D eigenvalue weighted by Gasteiger charge is -2.27. The minimum Gasteiger partial charge on any atom is -0.469 e. The highest BCUT2D eigenvalue weighted by molar-refractivity contribution is 5.88. The number of aliphatic hydroxyl groups is 1. The number of aliphatic hydroxyl groups excluding tert-OH is 1. The zero-order valence-electron chi connectivity index (χ0n) is 27.0. The van der Waals surface area contributed by atoms with Gasteiger partial charge in [0.2, 0.25) is 0 Å². The van der Waals surface area contributed by atoms with Gasteiger partial charge in [0.05, 0.1) is 32.3 Å². The minimum absolute atomic E-state index is 0.0104. The average molecular weight is 611 g/mol. The maximum Gasteiger partial charge on any atom is 0.315 e. The molecule has 6 atom stereocenters. The number of allylic oxidation sites excluding steroid dienone is 3. The summed E-state index contributed by atoms with van der Waals surface area (Å²) in [6.45, 7) is 10.4. The van der Waals surface area contributed by atoms with Crippen LogP contribution in [0.2, 0.25) is 0 Å². The van der Waals surface area contributed by atoms with Crippen LogP contribution in [0.5, 0.6) is 0 Å². The smallest absolute Gasteiger partial charge is 0.315 e. The molecule has 0 radical (unpaired) electrons. The first-order valence-corrected chi connectivity index (χ1v) is 15.7. The molecule has 6 rings (SSSR count). The largest absolute Gasteiger partial charge is 0.469 e. The monoisotopic (exact) mass is 610 g/mol. The number of H-pyrrole nitrogens is 2. The molecule has 3 aliphatic heterocycles. The fourth-order valence-electron chi connectivity index (χ4n) is 7.87. The Morgan fingerprint density at radius 1 is 1.02 bits per heavy atom. The number of nitrogens with one attached hydrogen (secondary N) is 4. The zero-order valence-corrected chi connectivity index (χ0v) is 27.0. The number of esters is 2. The third-order valence-electron chi connectivity index (χ3n) is 10.5. The maximum absolute atomic E-state index is 13.4. The van der Waals surface area contributed by atoms with Crippen molar-refractivity contribution in [2.45, 2.75) is 66.0 Å². The Labute approximate surface area is 263 Å². The number of methoxy groups -OCH3 is 2. The topological polar surface area (TPSA) is 128 Å². The van der Waals surface area contributed by atoms with Crippen LogP contribution in [-0.4, -0.2) is 47.3 Å². The van der Waals surface area contributed by atoms with E-state index in [2.05, 4.69) is 65.5 Å². The van der Waals surface area contributed by atoms with E-state index in [1.165, 1.54) is 19.8 Å². The van der Waals surface area contributed by atoms with Crippen LogP contribution in [0, 0.1) is 49.9 Å². The summed E-state index contributed by atoms with van der Waals surface area (Å²) in [4.78, 5) is 32.9. The lowest BCUT2D eigenvalue weighted by molar-refractivity contribution is -0.146. The highest BCUT2D eigenvalue weighted by Crippen LogP contribution is 2.45. The Hall–Kier alpha value is -4.42. The average Bonchev–Trinajstić information content (AvgIpc) is 3.76. The molecule has 9 nitrogen and oxygen atoms in total. The number of hydrogen-bond donors (Lipinski definition) is 5. The number of carbonyl (C=O) groups excluding carboxylic acids is 2. The van der Waals surface area contributed by atoms with E-state index in [4.69, 9.17) is 15.9 Å². The van der Waals surface area contributed by atoms with Gasteiger partial charge in [-0.3, -0.25) is 9.59 Å². The fraction of sp³-hybridized carbons (Fsp3) is 0.444. The van der Waals surface area contributed by atoms with Gasteiger partial charge in [0.1, 0.15) is 5.92 Å². The number of ether oxygens (including phenoxy) is 2. The molecule has 5 N–H and O–H groups in total. The molecule has 1 fully saturated rings. The second kappa shape index (κ2) is 11.5. The van der Waals surface area contributed by atoms with E-state index in [-0.39, 0.29) is 36.2 Å². The van der Waals surface area contributed by atoms with Gasteiger partial charge in [-0.15, -0.1) is 6.42 Å². The zero-order chi connectivity index (χ0) is 32.3. The molecular weight excluding hydrogens is 568 g/mol. The van der Waals surface area contributed by atoms with Crippen LogP contribution in [0.15, 0.2) is 28.7 Å². The summed E-state index contributed by atoms with van der Waals surface area (Å²) in [5, 5.41) is 20.7. The molecule has 45 heavy (non-hydrogen) atoms. The number of aromatic amines is 2. The van der Waals surface area contributed by atoms with Crippen molar-refractivity contribution in [3.05, 3.63) is 73.1 Å². The molecule has 9 heteroatoms. The first-order valence-electron chi connectivity index (χ1n) is 15.7. The molecule has 4 aliphatic rings. The molecule has 2 aromatic heterocycles. The normalized spacial score (nSPS) is 29.5. The van der Waals surface area contributed by atoms with E-state index >= 15 is 0 Å². The number of fused-ring (bicyclic) bond motifs is 8. The number of terminal acetylenes is 1. The van der Waals surface area contributed by atoms with Crippen molar-refractivity contribution in [1.29, 1.82) is 0 Å². The molecule has 0 spiro atoms. The summed E-state index contributed by atoms with van der Waals surface area (Å²) in [6, 6.07) is -0.360. The number of carbonyl (C=O) groups is 2. The van der Waals surface area contributed by atoms with Crippen LogP contribution in [0.3, 0.4) is 0 Å². The van der Waals surface area contributed by atoms with Gasteiger partial charge in [-0.2, -0.15) is 0 Å². The molecule has 0 aromatic carbocycles. The fourth-order valence-corrected chi connectivity index (χ4v) is 7.87. The molecule has 0 saturated carbocycles. The van der Waals surface area contributed by atoms with Crippen molar-refractivity contribution in [2.24, 2.45) is 23.7 Å². The van der Waals surface area contributed by atoms with Crippen LogP contribution in [0.1, 0.15) is 73.4 Å². The molecule has 1 saturated heterocycles. The van der Waals surface area contributed by atoms with E-state index in [0.29, 0.717) is 12.0 Å². The van der Waals surface area contributed by atoms with Gasteiger partial charge >= 0.3 is 11.9 Å². The third kappa shape index (κ3) is 4.74. The van der Waals surface area contributed by atoms with Crippen LogP contribution in [0.25, 0.3) is 17.7 Å². The van der Waals surface area contributed by atoms with Gasteiger partial charge in [0.15, 0.2) is 0 Å². The van der Waals surface area contributed by atoms with Crippen LogP contribution in [0.4, 0.5) is 0 Å². The summed E-state index contributed by atoms with van der Waals surface area (Å²) in [5.41, 5.74) is 10.5. The van der Waals surface area contributed by atoms with Gasteiger partial charge < -0.3 is 35.2 Å². The Kier molecular flexibility index (Phi) is 7.82. The lowest BCUT2D eigenvalue weighted by atomic mass is 9.80. The summed E-state index contributed by atoms with van der Waals surface area (Å²) < 4.78 is 10.2. The molecule has 236 valence electrons. The Morgan fingerprint density at radius 2 is 1.78 bits per heavy atom. The van der Waals surface area contributed by atoms with Gasteiger partial charge in [0, 0.05) is 57.1 Å². The van der Waals surface area contributed by atoms with E-state index < -0.39 is 18.0 Å². The van der Waals surface area contributed by atoms with Crippen molar-refractivity contribution in [3.63, 3.8) is 0 Å². The van der Waals surface area contributed by atoms with Crippen LogP contribution >= 0.6 is 0 Å². The van der Waals surface area contributed by atoms with Crippen molar-refractivity contribution >= 4 is 29.7 Å². The van der Waals surface area contributed by atoms with Gasteiger partial charge in [-0.1, -0.05) is 19.8 Å². The number of aromatic nitrogens is 2. The van der Waals surface area contributed by atoms with Crippen LogP contribution in [-0.2, 0) is 25.5 Å². The Bertz CT molecular complexity index is 1860. The van der Waals surface area contributed by atoms with Crippen LogP contribution < -0.4 is 21.3 Å². The minimum atomic E-state index is -1.08. The Morgan fingerprint density at radius 3 is 2.44 bits per heavy atom. The second-order valence-corrected chi connectivity index (χ2v) is 12.6. The lowest BCUT2D eigenvalue weighted by Crippen LogP contribution is -2.37. The molecule has 0 amide bonds. The predicted molar refractivity (Wildman–Crippen MR) is 172 cm³/mol. The first-order chi connectivity index (χ1) is 21.5. The quantitative estimate of drug-likeness (QED) is 0.260. The second-order valence-electron chi connectivity index (χ2n) is 12.6. The summed E-state index contributed by atoms with van der Waals surface area (Å²) in [6.07, 6.45) is 12.9. The molecule has 8 bridgehead atoms. The van der Waals surface area contributed by atoms with Gasteiger partial charge in [-0.05, 0) is 85.6 Å². The van der Waals surface area contributed by atoms with E-state index in [1.54, 1.807) is 0 Å². The summed E-state index contributed by atoms with van der Waals surface area (Å²) >= 11 is 0. The molecule has 5 heterocycles. The highest BCUT2D eigenvalue weighted by Gasteiger charge is 2.49. The van der Waals surface area contributed by atoms with Crippen molar-refractivity contribution in [1.82, 2.24) is 20.6 Å². The summed E-state index contributed by atoms with van der Waals surface area (Å²) in [5.74, 6) is 0.974. The van der Waals surface area contributed by atoms with E-state index in [0.717, 1.165) is 67.9 Å². The van der Waals surface area contributed by atoms with E-state index in [9.17, 15) is 14.7 Å². The van der Waals surface area contributed by atoms with Gasteiger partial charge in [-0.25, -0.2) is 0 Å². The maximum atomic E-state index is 13.4. The number of hydrogen-bond acceptors (Lipinski definition) is 7. The predicted octanol–water partition coefficient (Wildman–Crippen LogP) is 2.88. The number of rotatable bonds is 5. The Balaban J connectivity index is 1.67. The molecular formula is C36H42N4O5. The standard InChI is InChI=1S/C36H42N4O5/c1-9-20-16(3)23-13-25-18(5)22(11-12-29(41)44-7)33(39-25)31-32(36(43)45-8)35(42)30-19(6)26(40-34(30)31)15-28-21(10-2)17(4)24(38-28)14-27(20)37-23/h1,13-15,18,20,22,32-33,35,37-40,42H,10-12H2,2-8H3/b25-13-,26-15-,27-14-/t18-,20+,22-,32+,33?,35-/m0/s1.